The molecule has 0 bridgehead atoms. The molecule has 1 rings (SSSR count). The summed E-state index contributed by atoms with van der Waals surface area (Å²) in [5.41, 5.74) is 0. The van der Waals surface area contributed by atoms with Crippen LogP contribution in [0.2, 0.25) is 0 Å². The molecule has 1 aliphatic carbocycles. The summed E-state index contributed by atoms with van der Waals surface area (Å²) in [4.78, 5) is 11.4. The number of hydrogen-bond acceptors (Lipinski definition) is 2. The van der Waals surface area contributed by atoms with Crippen LogP contribution in [0.25, 0.3) is 0 Å². The Bertz CT molecular complexity index is 188. The highest BCUT2D eigenvalue weighted by Crippen LogP contribution is 2.26. The Balaban J connectivity index is 2.21. The Labute approximate surface area is 92.3 Å². The summed E-state index contributed by atoms with van der Waals surface area (Å²) in [5.74, 6) is 0.749. The zero-order valence-corrected chi connectivity index (χ0v) is 9.67. The van der Waals surface area contributed by atoms with Gasteiger partial charge in [-0.2, -0.15) is 0 Å². The van der Waals surface area contributed by atoms with Gasteiger partial charge < -0.3 is 10.4 Å². The van der Waals surface area contributed by atoms with Crippen LogP contribution in [-0.2, 0) is 4.79 Å². The molecule has 15 heavy (non-hydrogen) atoms. The SMILES string of the molecule is CC(NC(=O)CCCO)C1CCCCC1. The minimum Gasteiger partial charge on any atom is -0.396 e. The van der Waals surface area contributed by atoms with Crippen LogP contribution in [0.4, 0.5) is 0 Å². The van der Waals surface area contributed by atoms with E-state index in [-0.39, 0.29) is 12.5 Å². The van der Waals surface area contributed by atoms with Gasteiger partial charge in [0.1, 0.15) is 0 Å². The van der Waals surface area contributed by atoms with Crippen LogP contribution in [0.1, 0.15) is 51.9 Å². The lowest BCUT2D eigenvalue weighted by Crippen LogP contribution is -2.38. The molecular weight excluding hydrogens is 190 g/mol. The molecule has 1 atom stereocenters. The van der Waals surface area contributed by atoms with Crippen LogP contribution in [-0.4, -0.2) is 23.7 Å². The Morgan fingerprint density at radius 1 is 1.40 bits per heavy atom. The molecule has 1 amide bonds. The van der Waals surface area contributed by atoms with Gasteiger partial charge in [0.15, 0.2) is 0 Å². The molecule has 0 radical (unpaired) electrons. The third kappa shape index (κ3) is 4.65. The first kappa shape index (κ1) is 12.5. The third-order valence-electron chi connectivity index (χ3n) is 3.31. The average molecular weight is 213 g/mol. The molecule has 3 heteroatoms. The lowest BCUT2D eigenvalue weighted by atomic mass is 9.84. The van der Waals surface area contributed by atoms with E-state index in [4.69, 9.17) is 5.11 Å². The molecule has 88 valence electrons. The summed E-state index contributed by atoms with van der Waals surface area (Å²) in [6, 6.07) is 0.302. The van der Waals surface area contributed by atoms with Gasteiger partial charge in [-0.25, -0.2) is 0 Å². The van der Waals surface area contributed by atoms with Gasteiger partial charge in [0.25, 0.3) is 0 Å². The minimum absolute atomic E-state index is 0.0853. The largest absolute Gasteiger partial charge is 0.396 e. The number of hydrogen-bond donors (Lipinski definition) is 2. The zero-order chi connectivity index (χ0) is 11.1. The lowest BCUT2D eigenvalue weighted by molar-refractivity contribution is -0.122. The standard InChI is InChI=1S/C12H23NO2/c1-10(11-6-3-2-4-7-11)13-12(15)8-5-9-14/h10-11,14H,2-9H2,1H3,(H,13,15). The molecule has 0 aromatic heterocycles. The zero-order valence-electron chi connectivity index (χ0n) is 9.67. The van der Waals surface area contributed by atoms with Crippen LogP contribution in [0.3, 0.4) is 0 Å². The quantitative estimate of drug-likeness (QED) is 0.732. The van der Waals surface area contributed by atoms with Crippen molar-refractivity contribution in [3.63, 3.8) is 0 Å². The molecule has 1 saturated carbocycles. The summed E-state index contributed by atoms with van der Waals surface area (Å²) in [6.45, 7) is 2.21. The average Bonchev–Trinajstić information content (AvgIpc) is 2.27. The smallest absolute Gasteiger partial charge is 0.220 e. The summed E-state index contributed by atoms with van der Waals surface area (Å²) >= 11 is 0. The van der Waals surface area contributed by atoms with E-state index in [0.29, 0.717) is 24.8 Å². The summed E-state index contributed by atoms with van der Waals surface area (Å²) in [6.07, 6.45) is 7.49. The summed E-state index contributed by atoms with van der Waals surface area (Å²) < 4.78 is 0. The molecule has 1 fully saturated rings. The monoisotopic (exact) mass is 213 g/mol. The first-order valence-corrected chi connectivity index (χ1v) is 6.14. The maximum atomic E-state index is 11.4. The number of rotatable bonds is 5. The second-order valence-electron chi connectivity index (χ2n) is 4.58. The third-order valence-corrected chi connectivity index (χ3v) is 3.31. The normalized spacial score (nSPS) is 19.9. The fourth-order valence-electron chi connectivity index (χ4n) is 2.32. The van der Waals surface area contributed by atoms with Gasteiger partial charge in [0.05, 0.1) is 0 Å². The summed E-state index contributed by atoms with van der Waals surface area (Å²) in [7, 11) is 0. The molecule has 1 aliphatic rings. The Morgan fingerprint density at radius 2 is 2.07 bits per heavy atom. The van der Waals surface area contributed by atoms with E-state index >= 15 is 0 Å². The molecule has 0 heterocycles. The van der Waals surface area contributed by atoms with Gasteiger partial charge in [-0.1, -0.05) is 19.3 Å². The molecule has 1 unspecified atom stereocenters. The fraction of sp³-hybridized carbons (Fsp3) is 0.917. The number of carbonyl (C=O) groups is 1. The van der Waals surface area contributed by atoms with E-state index in [0.717, 1.165) is 0 Å². The molecular formula is C12H23NO2. The number of aliphatic hydroxyl groups excluding tert-OH is 1. The number of carbonyl (C=O) groups excluding carboxylic acids is 1. The highest BCUT2D eigenvalue weighted by Gasteiger charge is 2.20. The number of nitrogens with one attached hydrogen (secondary N) is 1. The van der Waals surface area contributed by atoms with Crippen molar-refractivity contribution in [2.24, 2.45) is 5.92 Å². The Hall–Kier alpha value is -0.570. The first-order chi connectivity index (χ1) is 7.24. The van der Waals surface area contributed by atoms with Gasteiger partial charge in [-0.3, -0.25) is 4.79 Å². The van der Waals surface area contributed by atoms with E-state index in [1.54, 1.807) is 0 Å². The second kappa shape index (κ2) is 6.83. The van der Waals surface area contributed by atoms with Crippen molar-refractivity contribution in [1.82, 2.24) is 5.32 Å². The van der Waals surface area contributed by atoms with Crippen molar-refractivity contribution >= 4 is 5.91 Å². The molecule has 3 nitrogen and oxygen atoms in total. The minimum atomic E-state index is 0.0853. The number of aliphatic hydroxyl groups is 1. The fourth-order valence-corrected chi connectivity index (χ4v) is 2.32. The van der Waals surface area contributed by atoms with Crippen molar-refractivity contribution in [3.05, 3.63) is 0 Å². The van der Waals surface area contributed by atoms with E-state index < -0.39 is 0 Å². The van der Waals surface area contributed by atoms with Crippen LogP contribution < -0.4 is 5.32 Å². The highest BCUT2D eigenvalue weighted by molar-refractivity contribution is 5.76. The molecule has 2 N–H and O–H groups in total. The van der Waals surface area contributed by atoms with Crippen LogP contribution >= 0.6 is 0 Å². The molecule has 0 saturated heterocycles. The van der Waals surface area contributed by atoms with Gasteiger partial charge >= 0.3 is 0 Å². The molecule has 0 aromatic carbocycles. The summed E-state index contributed by atoms with van der Waals surface area (Å²) in [5, 5.41) is 11.7. The predicted molar refractivity (Wildman–Crippen MR) is 60.5 cm³/mol. The van der Waals surface area contributed by atoms with Crippen molar-refractivity contribution in [2.75, 3.05) is 6.61 Å². The molecule has 0 aromatic rings. The van der Waals surface area contributed by atoms with Gasteiger partial charge in [-0.15, -0.1) is 0 Å². The Kier molecular flexibility index (Phi) is 5.69. The highest BCUT2D eigenvalue weighted by atomic mass is 16.3. The molecule has 0 aliphatic heterocycles. The van der Waals surface area contributed by atoms with Crippen molar-refractivity contribution in [3.8, 4) is 0 Å². The van der Waals surface area contributed by atoms with E-state index in [9.17, 15) is 4.79 Å². The maximum Gasteiger partial charge on any atom is 0.220 e. The van der Waals surface area contributed by atoms with Crippen LogP contribution in [0.15, 0.2) is 0 Å². The Morgan fingerprint density at radius 3 is 2.67 bits per heavy atom. The maximum absolute atomic E-state index is 11.4. The van der Waals surface area contributed by atoms with Crippen molar-refractivity contribution < 1.29 is 9.90 Å². The van der Waals surface area contributed by atoms with Crippen LogP contribution in [0, 0.1) is 5.92 Å². The molecule has 0 spiro atoms. The van der Waals surface area contributed by atoms with E-state index in [1.165, 1.54) is 32.1 Å². The lowest BCUT2D eigenvalue weighted by Gasteiger charge is -2.28. The first-order valence-electron chi connectivity index (χ1n) is 6.14. The van der Waals surface area contributed by atoms with Gasteiger partial charge in [0, 0.05) is 19.1 Å². The second-order valence-corrected chi connectivity index (χ2v) is 4.58. The van der Waals surface area contributed by atoms with Gasteiger partial charge in [0.2, 0.25) is 5.91 Å². The van der Waals surface area contributed by atoms with Crippen molar-refractivity contribution in [1.29, 1.82) is 0 Å². The van der Waals surface area contributed by atoms with E-state index in [2.05, 4.69) is 12.2 Å². The topological polar surface area (TPSA) is 49.3 Å². The van der Waals surface area contributed by atoms with E-state index in [1.807, 2.05) is 0 Å². The van der Waals surface area contributed by atoms with Crippen molar-refractivity contribution in [2.45, 2.75) is 57.9 Å². The predicted octanol–water partition coefficient (Wildman–Crippen LogP) is 1.84. The number of amides is 1. The van der Waals surface area contributed by atoms with Gasteiger partial charge in [-0.05, 0) is 32.1 Å². The van der Waals surface area contributed by atoms with Crippen LogP contribution in [0.5, 0.6) is 0 Å².